The van der Waals surface area contributed by atoms with Gasteiger partial charge in [-0.3, -0.25) is 4.98 Å². The molecule has 2 aromatic rings. The van der Waals surface area contributed by atoms with Gasteiger partial charge in [0.25, 0.3) is 0 Å². The molecule has 2 heteroatoms. The fraction of sp³-hybridized carbons (Fsp3) is 0.154. The maximum absolute atomic E-state index is 4.39. The van der Waals surface area contributed by atoms with Gasteiger partial charge in [-0.05, 0) is 52.8 Å². The lowest BCUT2D eigenvalue weighted by molar-refractivity contribution is 1.04. The third-order valence-corrected chi connectivity index (χ3v) is 3.08. The number of hydrogen-bond donors (Lipinski definition) is 0. The average Bonchev–Trinajstić information content (AvgIpc) is 2.30. The summed E-state index contributed by atoms with van der Waals surface area (Å²) in [7, 11) is 0. The minimum atomic E-state index is 0.993. The molecule has 0 radical (unpaired) electrons. The van der Waals surface area contributed by atoms with Crippen molar-refractivity contribution in [3.05, 3.63) is 51.9 Å². The number of hydrogen-bond acceptors (Lipinski definition) is 1. The highest BCUT2D eigenvalue weighted by atomic mass is 127. The van der Waals surface area contributed by atoms with E-state index in [1.807, 2.05) is 6.20 Å². The summed E-state index contributed by atoms with van der Waals surface area (Å²) < 4.78 is 1.26. The second kappa shape index (κ2) is 4.75. The van der Waals surface area contributed by atoms with Crippen LogP contribution < -0.4 is 0 Å². The van der Waals surface area contributed by atoms with E-state index in [1.54, 1.807) is 0 Å². The smallest absolute Gasteiger partial charge is 0.0401 e. The van der Waals surface area contributed by atoms with Crippen molar-refractivity contribution in [2.24, 2.45) is 0 Å². The number of aryl methyl sites for hydroxylation is 1. The highest BCUT2D eigenvalue weighted by Gasteiger charge is 1.97. The van der Waals surface area contributed by atoms with Gasteiger partial charge in [0, 0.05) is 21.0 Å². The van der Waals surface area contributed by atoms with Gasteiger partial charge in [-0.1, -0.05) is 25.1 Å². The highest BCUT2D eigenvalue weighted by molar-refractivity contribution is 14.1. The summed E-state index contributed by atoms with van der Waals surface area (Å²) in [5.41, 5.74) is 3.55. The van der Waals surface area contributed by atoms with Crippen LogP contribution >= 0.6 is 22.6 Å². The molecule has 0 aliphatic heterocycles. The largest absolute Gasteiger partial charge is 0.261 e. The van der Waals surface area contributed by atoms with Crippen molar-refractivity contribution in [1.82, 2.24) is 4.98 Å². The predicted octanol–water partition coefficient (Wildman–Crippen LogP) is 3.92. The SMILES string of the molecule is CCc1ccc(-c2ccc(I)cc2)cn1. The number of rotatable bonds is 2. The minimum Gasteiger partial charge on any atom is -0.261 e. The molecule has 1 nitrogen and oxygen atoms in total. The van der Waals surface area contributed by atoms with Crippen molar-refractivity contribution in [3.63, 3.8) is 0 Å². The van der Waals surface area contributed by atoms with E-state index in [9.17, 15) is 0 Å². The topological polar surface area (TPSA) is 12.9 Å². The first-order chi connectivity index (χ1) is 7.29. The number of pyridine rings is 1. The summed E-state index contributed by atoms with van der Waals surface area (Å²) in [6, 6.07) is 12.7. The Kier molecular flexibility index (Phi) is 3.36. The van der Waals surface area contributed by atoms with Gasteiger partial charge in [-0.2, -0.15) is 0 Å². The standard InChI is InChI=1S/C13H12IN/c1-2-13-8-5-11(9-15-13)10-3-6-12(14)7-4-10/h3-9H,2H2,1H3. The van der Waals surface area contributed by atoms with E-state index in [1.165, 1.54) is 14.7 Å². The van der Waals surface area contributed by atoms with Gasteiger partial charge in [0.1, 0.15) is 0 Å². The highest BCUT2D eigenvalue weighted by Crippen LogP contribution is 2.19. The molecule has 0 spiro atoms. The van der Waals surface area contributed by atoms with Crippen molar-refractivity contribution < 1.29 is 0 Å². The molecule has 0 fully saturated rings. The molecule has 0 aliphatic carbocycles. The summed E-state index contributed by atoms with van der Waals surface area (Å²) in [5.74, 6) is 0. The monoisotopic (exact) mass is 309 g/mol. The molecule has 2 rings (SSSR count). The molecule has 0 aliphatic rings. The van der Waals surface area contributed by atoms with Gasteiger partial charge >= 0.3 is 0 Å². The van der Waals surface area contributed by atoms with Crippen LogP contribution in [0, 0.1) is 3.57 Å². The Hall–Kier alpha value is -0.900. The fourth-order valence-corrected chi connectivity index (χ4v) is 1.81. The summed E-state index contributed by atoms with van der Waals surface area (Å²) in [5, 5.41) is 0. The molecule has 1 aromatic carbocycles. The maximum atomic E-state index is 4.39. The van der Waals surface area contributed by atoms with Gasteiger partial charge in [0.15, 0.2) is 0 Å². The van der Waals surface area contributed by atoms with Crippen LogP contribution in [0.2, 0.25) is 0 Å². The summed E-state index contributed by atoms with van der Waals surface area (Å²) in [6.07, 6.45) is 2.94. The lowest BCUT2D eigenvalue weighted by Crippen LogP contribution is -1.86. The molecule has 1 aromatic heterocycles. The van der Waals surface area contributed by atoms with Crippen LogP contribution in [-0.4, -0.2) is 4.98 Å². The van der Waals surface area contributed by atoms with Gasteiger partial charge in [0.2, 0.25) is 0 Å². The van der Waals surface area contributed by atoms with Crippen LogP contribution in [0.1, 0.15) is 12.6 Å². The molecule has 0 atom stereocenters. The molecule has 0 saturated carbocycles. The zero-order valence-electron chi connectivity index (χ0n) is 8.57. The number of aromatic nitrogens is 1. The lowest BCUT2D eigenvalue weighted by atomic mass is 10.1. The van der Waals surface area contributed by atoms with Crippen molar-refractivity contribution >= 4 is 22.6 Å². The van der Waals surface area contributed by atoms with Crippen LogP contribution in [0.5, 0.6) is 0 Å². The second-order valence-corrected chi connectivity index (χ2v) is 4.64. The molecule has 0 unspecified atom stereocenters. The first-order valence-electron chi connectivity index (χ1n) is 5.00. The Morgan fingerprint density at radius 3 is 2.20 bits per heavy atom. The molecule has 0 amide bonds. The van der Waals surface area contributed by atoms with E-state index in [0.717, 1.165) is 12.1 Å². The van der Waals surface area contributed by atoms with Crippen LogP contribution in [-0.2, 0) is 6.42 Å². The molecular formula is C13H12IN. The quantitative estimate of drug-likeness (QED) is 0.766. The number of nitrogens with zero attached hydrogens (tertiary/aromatic N) is 1. The molecule has 0 N–H and O–H groups in total. The van der Waals surface area contributed by atoms with Gasteiger partial charge in [-0.15, -0.1) is 0 Å². The van der Waals surface area contributed by atoms with Gasteiger partial charge in [0.05, 0.1) is 0 Å². The molecule has 0 saturated heterocycles. The van der Waals surface area contributed by atoms with E-state index >= 15 is 0 Å². The normalized spacial score (nSPS) is 10.3. The summed E-state index contributed by atoms with van der Waals surface area (Å²) in [4.78, 5) is 4.39. The molecular weight excluding hydrogens is 297 g/mol. The van der Waals surface area contributed by atoms with Crippen molar-refractivity contribution in [1.29, 1.82) is 0 Å². The molecule has 76 valence electrons. The first kappa shape index (κ1) is 10.6. The van der Waals surface area contributed by atoms with Crippen molar-refractivity contribution in [2.45, 2.75) is 13.3 Å². The van der Waals surface area contributed by atoms with E-state index in [-0.39, 0.29) is 0 Å². The number of benzene rings is 1. The van der Waals surface area contributed by atoms with Gasteiger partial charge in [-0.25, -0.2) is 0 Å². The van der Waals surface area contributed by atoms with Crippen molar-refractivity contribution in [2.75, 3.05) is 0 Å². The second-order valence-electron chi connectivity index (χ2n) is 3.40. The maximum Gasteiger partial charge on any atom is 0.0401 e. The number of halogens is 1. The zero-order chi connectivity index (χ0) is 10.7. The van der Waals surface area contributed by atoms with E-state index in [2.05, 4.69) is 70.9 Å². The predicted molar refractivity (Wildman–Crippen MR) is 71.8 cm³/mol. The first-order valence-corrected chi connectivity index (χ1v) is 6.08. The minimum absolute atomic E-state index is 0.993. The Morgan fingerprint density at radius 1 is 1.00 bits per heavy atom. The van der Waals surface area contributed by atoms with Crippen molar-refractivity contribution in [3.8, 4) is 11.1 Å². The summed E-state index contributed by atoms with van der Waals surface area (Å²) in [6.45, 7) is 2.12. The molecule has 15 heavy (non-hydrogen) atoms. The van der Waals surface area contributed by atoms with Gasteiger partial charge < -0.3 is 0 Å². The Morgan fingerprint density at radius 2 is 1.67 bits per heavy atom. The third-order valence-electron chi connectivity index (χ3n) is 2.36. The third kappa shape index (κ3) is 2.56. The van der Waals surface area contributed by atoms with E-state index in [0.29, 0.717) is 0 Å². The lowest BCUT2D eigenvalue weighted by Gasteiger charge is -2.02. The average molecular weight is 309 g/mol. The van der Waals surface area contributed by atoms with Crippen LogP contribution in [0.25, 0.3) is 11.1 Å². The zero-order valence-corrected chi connectivity index (χ0v) is 10.7. The van der Waals surface area contributed by atoms with E-state index in [4.69, 9.17) is 0 Å². The van der Waals surface area contributed by atoms with Crippen LogP contribution in [0.15, 0.2) is 42.6 Å². The Labute approximate surface area is 104 Å². The fourth-order valence-electron chi connectivity index (χ4n) is 1.45. The van der Waals surface area contributed by atoms with Crippen LogP contribution in [0.4, 0.5) is 0 Å². The molecule has 0 bridgehead atoms. The Balaban J connectivity index is 2.33. The van der Waals surface area contributed by atoms with E-state index < -0.39 is 0 Å². The summed E-state index contributed by atoms with van der Waals surface area (Å²) >= 11 is 2.31. The van der Waals surface area contributed by atoms with Crippen LogP contribution in [0.3, 0.4) is 0 Å². The Bertz CT molecular complexity index is 431. The molecule has 1 heterocycles.